The first-order valence-electron chi connectivity index (χ1n) is 4.44. The molecule has 0 aromatic heterocycles. The van der Waals surface area contributed by atoms with Crippen LogP contribution in [0.15, 0.2) is 0 Å². The van der Waals surface area contributed by atoms with Crippen molar-refractivity contribution in [2.45, 2.75) is 32.8 Å². The van der Waals surface area contributed by atoms with Gasteiger partial charge in [-0.1, -0.05) is 0 Å². The van der Waals surface area contributed by atoms with Gasteiger partial charge >= 0.3 is 17.9 Å². The summed E-state index contributed by atoms with van der Waals surface area (Å²) in [5.41, 5.74) is 0. The van der Waals surface area contributed by atoms with Crippen LogP contribution < -0.4 is 0 Å². The molecule has 1 atom stereocenters. The summed E-state index contributed by atoms with van der Waals surface area (Å²) in [4.78, 5) is 31.4. The van der Waals surface area contributed by atoms with Crippen LogP contribution in [0.1, 0.15) is 26.7 Å². The lowest BCUT2D eigenvalue weighted by atomic mass is 10.2. The third-order valence-corrected chi connectivity index (χ3v) is 1.49. The van der Waals surface area contributed by atoms with E-state index < -0.39 is 24.0 Å². The van der Waals surface area contributed by atoms with Crippen LogP contribution in [0.5, 0.6) is 0 Å². The number of carbonyl (C=O) groups excluding carboxylic acids is 2. The second kappa shape index (κ2) is 6.80. The lowest BCUT2D eigenvalue weighted by Crippen LogP contribution is -2.24. The quantitative estimate of drug-likeness (QED) is 0.647. The van der Waals surface area contributed by atoms with E-state index in [9.17, 15) is 14.4 Å². The maximum absolute atomic E-state index is 10.6. The summed E-state index contributed by atoms with van der Waals surface area (Å²) in [6, 6.07) is 0. The van der Waals surface area contributed by atoms with E-state index in [0.29, 0.717) is 0 Å². The zero-order valence-corrected chi connectivity index (χ0v) is 8.69. The molecular weight excluding hydrogens is 204 g/mol. The number of carboxylic acid groups (broad SMARTS) is 1. The summed E-state index contributed by atoms with van der Waals surface area (Å²) < 4.78 is 9.40. The van der Waals surface area contributed by atoms with E-state index in [0.717, 1.165) is 0 Å². The molecule has 0 radical (unpaired) electrons. The average molecular weight is 218 g/mol. The Morgan fingerprint density at radius 2 is 1.80 bits per heavy atom. The highest BCUT2D eigenvalue weighted by molar-refractivity contribution is 5.68. The van der Waals surface area contributed by atoms with Crippen molar-refractivity contribution < 1.29 is 29.0 Å². The molecule has 0 amide bonds. The van der Waals surface area contributed by atoms with Gasteiger partial charge in [0, 0.05) is 20.3 Å². The van der Waals surface area contributed by atoms with Gasteiger partial charge in [0.25, 0.3) is 0 Å². The Morgan fingerprint density at radius 1 is 1.20 bits per heavy atom. The molecule has 86 valence electrons. The SMILES string of the molecule is CC(=O)OC[C@H](CCC(=O)O)OC(C)=O. The Morgan fingerprint density at radius 3 is 2.20 bits per heavy atom. The summed E-state index contributed by atoms with van der Waals surface area (Å²) in [7, 11) is 0. The maximum Gasteiger partial charge on any atom is 0.303 e. The molecule has 0 saturated heterocycles. The number of carboxylic acids is 1. The van der Waals surface area contributed by atoms with Gasteiger partial charge in [0.15, 0.2) is 0 Å². The second-order valence-corrected chi connectivity index (χ2v) is 2.97. The molecule has 0 saturated carbocycles. The van der Waals surface area contributed by atoms with Crippen molar-refractivity contribution in [2.24, 2.45) is 0 Å². The molecule has 0 aromatic carbocycles. The molecule has 0 aliphatic heterocycles. The standard InChI is InChI=1S/C9H14O6/c1-6(10)14-5-8(15-7(2)11)3-4-9(12)13/h8H,3-5H2,1-2H3,(H,12,13)/t8-/m0/s1. The third-order valence-electron chi connectivity index (χ3n) is 1.49. The molecule has 0 bridgehead atoms. The molecule has 0 heterocycles. The van der Waals surface area contributed by atoms with Crippen molar-refractivity contribution in [1.82, 2.24) is 0 Å². The molecule has 0 aromatic rings. The van der Waals surface area contributed by atoms with E-state index in [1.807, 2.05) is 0 Å². The normalized spacial score (nSPS) is 11.6. The number of esters is 2. The molecule has 6 nitrogen and oxygen atoms in total. The molecule has 0 aliphatic carbocycles. The summed E-state index contributed by atoms with van der Waals surface area (Å²) in [5, 5.41) is 8.43. The number of hydrogen-bond donors (Lipinski definition) is 1. The third kappa shape index (κ3) is 8.73. The maximum atomic E-state index is 10.6. The molecular formula is C9H14O6. The minimum absolute atomic E-state index is 0.109. The van der Waals surface area contributed by atoms with Crippen LogP contribution in [-0.4, -0.2) is 35.7 Å². The number of hydrogen-bond acceptors (Lipinski definition) is 5. The second-order valence-electron chi connectivity index (χ2n) is 2.97. The minimum Gasteiger partial charge on any atom is -0.481 e. The van der Waals surface area contributed by atoms with Crippen molar-refractivity contribution >= 4 is 17.9 Å². The number of ether oxygens (including phenoxy) is 2. The van der Waals surface area contributed by atoms with Crippen molar-refractivity contribution in [3.8, 4) is 0 Å². The molecule has 0 rings (SSSR count). The summed E-state index contributed by atoms with van der Waals surface area (Å²) in [5.74, 6) is -2.02. The fraction of sp³-hybridized carbons (Fsp3) is 0.667. The number of rotatable bonds is 6. The van der Waals surface area contributed by atoms with Crippen molar-refractivity contribution in [2.75, 3.05) is 6.61 Å². The zero-order chi connectivity index (χ0) is 11.8. The van der Waals surface area contributed by atoms with Gasteiger partial charge in [-0.2, -0.15) is 0 Å². The Balaban J connectivity index is 3.99. The predicted molar refractivity (Wildman–Crippen MR) is 49.1 cm³/mol. The topological polar surface area (TPSA) is 89.9 Å². The first kappa shape index (κ1) is 13.4. The van der Waals surface area contributed by atoms with Crippen LogP contribution in [0.2, 0.25) is 0 Å². The van der Waals surface area contributed by atoms with E-state index in [2.05, 4.69) is 4.74 Å². The molecule has 6 heteroatoms. The minimum atomic E-state index is -0.991. The summed E-state index contributed by atoms with van der Waals surface area (Å²) in [6.07, 6.45) is -0.705. The van der Waals surface area contributed by atoms with Crippen LogP contribution in [0.3, 0.4) is 0 Å². The zero-order valence-electron chi connectivity index (χ0n) is 8.69. The van der Waals surface area contributed by atoms with Gasteiger partial charge < -0.3 is 14.6 Å². The van der Waals surface area contributed by atoms with Crippen LogP contribution in [0.4, 0.5) is 0 Å². The average Bonchev–Trinajstić information content (AvgIpc) is 2.08. The van der Waals surface area contributed by atoms with Gasteiger partial charge in [-0.05, 0) is 6.42 Å². The molecule has 15 heavy (non-hydrogen) atoms. The fourth-order valence-electron chi connectivity index (χ4n) is 0.906. The highest BCUT2D eigenvalue weighted by atomic mass is 16.6. The van der Waals surface area contributed by atoms with Crippen LogP contribution in [0, 0.1) is 0 Å². The van der Waals surface area contributed by atoms with Gasteiger partial charge in [-0.3, -0.25) is 14.4 Å². The molecule has 0 fully saturated rings. The van der Waals surface area contributed by atoms with Crippen LogP contribution in [-0.2, 0) is 23.9 Å². The number of aliphatic carboxylic acids is 1. The Bertz CT molecular complexity index is 229. The van der Waals surface area contributed by atoms with Gasteiger partial charge in [0.05, 0.1) is 0 Å². The van der Waals surface area contributed by atoms with Gasteiger partial charge in [0.2, 0.25) is 0 Å². The monoisotopic (exact) mass is 218 g/mol. The van der Waals surface area contributed by atoms with Crippen molar-refractivity contribution in [3.63, 3.8) is 0 Å². The van der Waals surface area contributed by atoms with Gasteiger partial charge in [-0.15, -0.1) is 0 Å². The smallest absolute Gasteiger partial charge is 0.303 e. The van der Waals surface area contributed by atoms with Crippen molar-refractivity contribution in [1.29, 1.82) is 0 Å². The molecule has 0 spiro atoms. The van der Waals surface area contributed by atoms with E-state index in [-0.39, 0.29) is 19.4 Å². The highest BCUT2D eigenvalue weighted by Crippen LogP contribution is 2.04. The lowest BCUT2D eigenvalue weighted by Gasteiger charge is -2.15. The molecule has 0 unspecified atom stereocenters. The first-order chi connectivity index (χ1) is 6.91. The van der Waals surface area contributed by atoms with E-state index in [1.54, 1.807) is 0 Å². The first-order valence-corrected chi connectivity index (χ1v) is 4.44. The summed E-state index contributed by atoms with van der Waals surface area (Å²) >= 11 is 0. The Hall–Kier alpha value is -1.59. The van der Waals surface area contributed by atoms with Gasteiger partial charge in [0.1, 0.15) is 12.7 Å². The fourth-order valence-corrected chi connectivity index (χ4v) is 0.906. The summed E-state index contributed by atoms with van der Waals surface area (Å²) in [6.45, 7) is 2.33. The van der Waals surface area contributed by atoms with Crippen LogP contribution in [0.25, 0.3) is 0 Å². The number of carbonyl (C=O) groups is 3. The lowest BCUT2D eigenvalue weighted by molar-refractivity contribution is -0.157. The van der Waals surface area contributed by atoms with E-state index >= 15 is 0 Å². The molecule has 1 N–H and O–H groups in total. The van der Waals surface area contributed by atoms with Crippen molar-refractivity contribution in [3.05, 3.63) is 0 Å². The Kier molecular flexibility index (Phi) is 6.08. The molecule has 0 aliphatic rings. The predicted octanol–water partition coefficient (Wildman–Crippen LogP) is 0.346. The van der Waals surface area contributed by atoms with Crippen LogP contribution >= 0.6 is 0 Å². The van der Waals surface area contributed by atoms with E-state index in [1.165, 1.54) is 13.8 Å². The Labute approximate surface area is 87.2 Å². The van der Waals surface area contributed by atoms with Gasteiger partial charge in [-0.25, -0.2) is 0 Å². The van der Waals surface area contributed by atoms with E-state index in [4.69, 9.17) is 9.84 Å². The highest BCUT2D eigenvalue weighted by Gasteiger charge is 2.15. The largest absolute Gasteiger partial charge is 0.481 e.